The number of nitrogen functional groups attached to an aromatic ring is 1. The lowest BCUT2D eigenvalue weighted by Crippen LogP contribution is -2.10. The second-order valence-electron chi connectivity index (χ2n) is 3.83. The van der Waals surface area contributed by atoms with Crippen molar-refractivity contribution >= 4 is 21.8 Å². The fraction of sp³-hybridized carbons (Fsp3) is 0.0714. The number of amidine groups is 1. The third-order valence-corrected chi connectivity index (χ3v) is 3.15. The average molecular weight is 305 g/mol. The Balaban J connectivity index is 2.02. The van der Waals surface area contributed by atoms with E-state index in [2.05, 4.69) is 15.9 Å². The second kappa shape index (κ2) is 5.69. The third-order valence-electron chi connectivity index (χ3n) is 2.50. The van der Waals surface area contributed by atoms with Gasteiger partial charge in [-0.3, -0.25) is 5.41 Å². The molecule has 0 unspecified atom stereocenters. The maximum atomic E-state index is 7.31. The summed E-state index contributed by atoms with van der Waals surface area (Å²) in [7, 11) is 0. The quantitative estimate of drug-likeness (QED) is 0.672. The Bertz CT molecular complexity index is 552. The van der Waals surface area contributed by atoms with Crippen LogP contribution in [0.25, 0.3) is 0 Å². The van der Waals surface area contributed by atoms with E-state index in [9.17, 15) is 0 Å². The lowest BCUT2D eigenvalue weighted by atomic mass is 10.1. The van der Waals surface area contributed by atoms with Crippen LogP contribution in [-0.2, 0) is 6.61 Å². The van der Waals surface area contributed by atoms with Crippen LogP contribution < -0.4 is 10.5 Å². The molecule has 0 aliphatic heterocycles. The van der Waals surface area contributed by atoms with Crippen molar-refractivity contribution in [1.29, 1.82) is 5.41 Å². The van der Waals surface area contributed by atoms with Crippen molar-refractivity contribution in [2.24, 2.45) is 5.73 Å². The summed E-state index contributed by atoms with van der Waals surface area (Å²) >= 11 is 3.43. The molecule has 0 bridgehead atoms. The van der Waals surface area contributed by atoms with Gasteiger partial charge < -0.3 is 10.5 Å². The fourth-order valence-electron chi connectivity index (χ4n) is 1.50. The zero-order valence-electron chi connectivity index (χ0n) is 9.69. The van der Waals surface area contributed by atoms with Crippen LogP contribution in [0.1, 0.15) is 11.1 Å². The molecule has 4 heteroatoms. The van der Waals surface area contributed by atoms with Gasteiger partial charge in [0, 0.05) is 5.56 Å². The van der Waals surface area contributed by atoms with Crippen molar-refractivity contribution in [1.82, 2.24) is 0 Å². The summed E-state index contributed by atoms with van der Waals surface area (Å²) in [5, 5.41) is 7.31. The SMILES string of the molecule is N=C(N)c1ccc(COc2ccccc2Br)cc1. The molecule has 0 radical (unpaired) electrons. The molecule has 0 amide bonds. The van der Waals surface area contributed by atoms with Gasteiger partial charge in [-0.2, -0.15) is 0 Å². The molecule has 3 N–H and O–H groups in total. The molecule has 0 aliphatic rings. The molecule has 18 heavy (non-hydrogen) atoms. The van der Waals surface area contributed by atoms with Crippen LogP contribution in [0.3, 0.4) is 0 Å². The standard InChI is InChI=1S/C14H13BrN2O/c15-12-3-1-2-4-13(12)18-9-10-5-7-11(8-6-10)14(16)17/h1-8H,9H2,(H3,16,17). The molecule has 0 aliphatic carbocycles. The molecule has 3 nitrogen and oxygen atoms in total. The van der Waals surface area contributed by atoms with Crippen molar-refractivity contribution in [3.63, 3.8) is 0 Å². The highest BCUT2D eigenvalue weighted by Crippen LogP contribution is 2.24. The van der Waals surface area contributed by atoms with Crippen LogP contribution in [0.4, 0.5) is 0 Å². The highest BCUT2D eigenvalue weighted by atomic mass is 79.9. The van der Waals surface area contributed by atoms with Gasteiger partial charge in [-0.15, -0.1) is 0 Å². The summed E-state index contributed by atoms with van der Waals surface area (Å²) in [6.07, 6.45) is 0. The first kappa shape index (κ1) is 12.6. The van der Waals surface area contributed by atoms with Gasteiger partial charge in [-0.1, -0.05) is 36.4 Å². The number of nitrogens with one attached hydrogen (secondary N) is 1. The first-order valence-electron chi connectivity index (χ1n) is 5.47. The van der Waals surface area contributed by atoms with Gasteiger partial charge >= 0.3 is 0 Å². The number of rotatable bonds is 4. The zero-order chi connectivity index (χ0) is 13.0. The van der Waals surface area contributed by atoms with Gasteiger partial charge in [0.2, 0.25) is 0 Å². The van der Waals surface area contributed by atoms with Gasteiger partial charge in [-0.25, -0.2) is 0 Å². The topological polar surface area (TPSA) is 59.1 Å². The number of benzene rings is 2. The molecule has 0 heterocycles. The highest BCUT2D eigenvalue weighted by molar-refractivity contribution is 9.10. The molecule has 2 aromatic carbocycles. The molecular formula is C14H13BrN2O. The van der Waals surface area contributed by atoms with Gasteiger partial charge in [-0.05, 0) is 33.6 Å². The van der Waals surface area contributed by atoms with Crippen LogP contribution in [0.5, 0.6) is 5.75 Å². The summed E-state index contributed by atoms with van der Waals surface area (Å²) in [6, 6.07) is 15.2. The molecule has 0 spiro atoms. The first-order valence-corrected chi connectivity index (χ1v) is 6.27. The lowest BCUT2D eigenvalue weighted by Gasteiger charge is -2.08. The third kappa shape index (κ3) is 3.11. The number of hydrogen-bond donors (Lipinski definition) is 2. The zero-order valence-corrected chi connectivity index (χ0v) is 11.3. The predicted octanol–water partition coefficient (Wildman–Crippen LogP) is 3.31. The van der Waals surface area contributed by atoms with E-state index in [1.807, 2.05) is 48.5 Å². The first-order chi connectivity index (χ1) is 8.66. The van der Waals surface area contributed by atoms with Crippen LogP contribution in [0, 0.1) is 5.41 Å². The van der Waals surface area contributed by atoms with Gasteiger partial charge in [0.05, 0.1) is 4.47 Å². The summed E-state index contributed by atoms with van der Waals surface area (Å²) in [6.45, 7) is 0.487. The van der Waals surface area contributed by atoms with E-state index < -0.39 is 0 Å². The van der Waals surface area contributed by atoms with Crippen molar-refractivity contribution in [3.05, 3.63) is 64.1 Å². The normalized spacial score (nSPS) is 10.1. The molecule has 0 saturated carbocycles. The molecule has 0 aromatic heterocycles. The summed E-state index contributed by atoms with van der Waals surface area (Å²) < 4.78 is 6.63. The Morgan fingerprint density at radius 2 is 1.78 bits per heavy atom. The largest absolute Gasteiger partial charge is 0.488 e. The smallest absolute Gasteiger partial charge is 0.133 e. The minimum Gasteiger partial charge on any atom is -0.488 e. The van der Waals surface area contributed by atoms with Crippen LogP contribution in [0.15, 0.2) is 53.0 Å². The number of ether oxygens (including phenoxy) is 1. The minimum absolute atomic E-state index is 0.0771. The maximum absolute atomic E-state index is 7.31. The van der Waals surface area contributed by atoms with Gasteiger partial charge in [0.25, 0.3) is 0 Å². The average Bonchev–Trinajstić information content (AvgIpc) is 2.38. The van der Waals surface area contributed by atoms with E-state index in [0.29, 0.717) is 6.61 Å². The predicted molar refractivity (Wildman–Crippen MR) is 75.9 cm³/mol. The molecule has 92 valence electrons. The van der Waals surface area contributed by atoms with E-state index in [0.717, 1.165) is 21.3 Å². The number of para-hydroxylation sites is 1. The fourth-order valence-corrected chi connectivity index (χ4v) is 1.90. The number of nitrogens with two attached hydrogens (primary N) is 1. The summed E-state index contributed by atoms with van der Waals surface area (Å²) in [4.78, 5) is 0. The van der Waals surface area contributed by atoms with Gasteiger partial charge in [0.15, 0.2) is 0 Å². The molecule has 0 fully saturated rings. The van der Waals surface area contributed by atoms with E-state index in [1.54, 1.807) is 0 Å². The van der Waals surface area contributed by atoms with Crippen LogP contribution in [-0.4, -0.2) is 5.84 Å². The second-order valence-corrected chi connectivity index (χ2v) is 4.68. The summed E-state index contributed by atoms with van der Waals surface area (Å²) in [5.74, 6) is 0.890. The summed E-state index contributed by atoms with van der Waals surface area (Å²) in [5.41, 5.74) is 7.15. The molecular weight excluding hydrogens is 292 g/mol. The monoisotopic (exact) mass is 304 g/mol. The highest BCUT2D eigenvalue weighted by Gasteiger charge is 2.01. The van der Waals surface area contributed by atoms with Crippen LogP contribution in [0.2, 0.25) is 0 Å². The Hall–Kier alpha value is -1.81. The van der Waals surface area contributed by atoms with Crippen molar-refractivity contribution < 1.29 is 4.74 Å². The molecule has 0 saturated heterocycles. The van der Waals surface area contributed by atoms with Gasteiger partial charge in [0.1, 0.15) is 18.2 Å². The Morgan fingerprint density at radius 3 is 2.39 bits per heavy atom. The molecule has 2 rings (SSSR count). The van der Waals surface area contributed by atoms with E-state index in [4.69, 9.17) is 15.9 Å². The number of hydrogen-bond acceptors (Lipinski definition) is 2. The Kier molecular flexibility index (Phi) is 3.99. The van der Waals surface area contributed by atoms with E-state index in [1.165, 1.54) is 0 Å². The molecule has 0 atom stereocenters. The van der Waals surface area contributed by atoms with E-state index >= 15 is 0 Å². The van der Waals surface area contributed by atoms with E-state index in [-0.39, 0.29) is 5.84 Å². The Labute approximate surface area is 114 Å². The van der Waals surface area contributed by atoms with Crippen molar-refractivity contribution in [2.75, 3.05) is 0 Å². The number of halogens is 1. The van der Waals surface area contributed by atoms with Crippen molar-refractivity contribution in [3.8, 4) is 5.75 Å². The van der Waals surface area contributed by atoms with Crippen molar-refractivity contribution in [2.45, 2.75) is 6.61 Å². The maximum Gasteiger partial charge on any atom is 0.133 e. The minimum atomic E-state index is 0.0771. The molecule has 2 aromatic rings. The Morgan fingerprint density at radius 1 is 1.11 bits per heavy atom. The lowest BCUT2D eigenvalue weighted by molar-refractivity contribution is 0.304. The van der Waals surface area contributed by atoms with Crippen LogP contribution >= 0.6 is 15.9 Å².